The highest BCUT2D eigenvalue weighted by Crippen LogP contribution is 2.30. The maximum Gasteiger partial charge on any atom is 0.178 e. The molecule has 1 atom stereocenters. The monoisotopic (exact) mass is 351 g/mol. The predicted molar refractivity (Wildman–Crippen MR) is 91.6 cm³/mol. The number of aromatic amines is 1. The summed E-state index contributed by atoms with van der Waals surface area (Å²) in [5.74, 6) is 0.174. The second-order valence-corrected chi connectivity index (χ2v) is 8.57. The summed E-state index contributed by atoms with van der Waals surface area (Å²) in [6.07, 6.45) is 6.81. The highest BCUT2D eigenvalue weighted by Gasteiger charge is 2.28. The van der Waals surface area contributed by atoms with Gasteiger partial charge in [0, 0.05) is 43.6 Å². The van der Waals surface area contributed by atoms with Gasteiger partial charge >= 0.3 is 0 Å². The average molecular weight is 351 g/mol. The molecule has 1 aliphatic heterocycles. The molecule has 24 heavy (non-hydrogen) atoms. The zero-order valence-electron chi connectivity index (χ0n) is 14.5. The van der Waals surface area contributed by atoms with E-state index in [0.29, 0.717) is 4.90 Å². The molecule has 1 saturated heterocycles. The van der Waals surface area contributed by atoms with Crippen molar-refractivity contribution in [3.8, 4) is 0 Å². The lowest BCUT2D eigenvalue weighted by Gasteiger charge is -2.32. The number of H-pyrrole nitrogens is 1. The first-order valence-corrected chi connectivity index (χ1v) is 10.3. The lowest BCUT2D eigenvalue weighted by atomic mass is 9.94. The Hall–Kier alpha value is -1.67. The number of sulfone groups is 1. The first-order valence-electron chi connectivity index (χ1n) is 8.37. The van der Waals surface area contributed by atoms with Gasteiger partial charge < -0.3 is 0 Å². The molecule has 132 valence electrons. The molecule has 1 unspecified atom stereocenters. The van der Waals surface area contributed by atoms with Crippen LogP contribution in [0.4, 0.5) is 0 Å². The standard InChI is InChI=1S/C16H25N5O2S/c1-4-21-11-14(12(2)19-21)10-20-7-5-6-13(9-20)16-15(8-17-18-16)24(3,22)23/h8,11,13H,4-7,9-10H2,1-3H3,(H,17,18). The number of hydrogen-bond donors (Lipinski definition) is 1. The molecule has 7 nitrogen and oxygen atoms in total. The van der Waals surface area contributed by atoms with Gasteiger partial charge in [0.15, 0.2) is 9.84 Å². The van der Waals surface area contributed by atoms with Crippen LogP contribution in [0.25, 0.3) is 0 Å². The summed E-state index contributed by atoms with van der Waals surface area (Å²) in [6, 6.07) is 0. The number of rotatable bonds is 5. The van der Waals surface area contributed by atoms with E-state index in [9.17, 15) is 8.42 Å². The van der Waals surface area contributed by atoms with E-state index >= 15 is 0 Å². The molecule has 2 aromatic rings. The second kappa shape index (κ2) is 6.68. The van der Waals surface area contributed by atoms with Crippen molar-refractivity contribution in [1.29, 1.82) is 0 Å². The van der Waals surface area contributed by atoms with Gasteiger partial charge in [-0.05, 0) is 33.2 Å². The SMILES string of the molecule is CCn1cc(CN2CCCC(c3[nH]ncc3S(C)(=O)=O)C2)c(C)n1. The van der Waals surface area contributed by atoms with E-state index in [2.05, 4.69) is 33.3 Å². The van der Waals surface area contributed by atoms with Gasteiger partial charge in [-0.2, -0.15) is 10.2 Å². The van der Waals surface area contributed by atoms with Gasteiger partial charge in [0.1, 0.15) is 4.90 Å². The third-order valence-electron chi connectivity index (χ3n) is 4.71. The van der Waals surface area contributed by atoms with Crippen molar-refractivity contribution in [2.24, 2.45) is 0 Å². The number of likely N-dealkylation sites (tertiary alicyclic amines) is 1. The summed E-state index contributed by atoms with van der Waals surface area (Å²) in [5.41, 5.74) is 3.06. The normalized spacial score (nSPS) is 19.7. The minimum atomic E-state index is -3.25. The largest absolute Gasteiger partial charge is 0.298 e. The van der Waals surface area contributed by atoms with E-state index in [1.54, 1.807) is 0 Å². The summed E-state index contributed by atoms with van der Waals surface area (Å²) < 4.78 is 25.8. The van der Waals surface area contributed by atoms with E-state index in [0.717, 1.165) is 50.4 Å². The highest BCUT2D eigenvalue weighted by molar-refractivity contribution is 7.90. The minimum Gasteiger partial charge on any atom is -0.298 e. The van der Waals surface area contributed by atoms with Gasteiger partial charge in [-0.1, -0.05) is 0 Å². The summed E-state index contributed by atoms with van der Waals surface area (Å²) in [4.78, 5) is 2.72. The molecule has 8 heteroatoms. The summed E-state index contributed by atoms with van der Waals surface area (Å²) in [7, 11) is -3.25. The number of nitrogens with one attached hydrogen (secondary N) is 1. The van der Waals surface area contributed by atoms with Crippen LogP contribution < -0.4 is 0 Å². The fraction of sp³-hybridized carbons (Fsp3) is 0.625. The minimum absolute atomic E-state index is 0.174. The van der Waals surface area contributed by atoms with E-state index in [4.69, 9.17) is 0 Å². The Morgan fingerprint density at radius 1 is 1.42 bits per heavy atom. The van der Waals surface area contributed by atoms with Gasteiger partial charge in [0.05, 0.1) is 17.6 Å². The summed E-state index contributed by atoms with van der Waals surface area (Å²) >= 11 is 0. The first kappa shape index (κ1) is 17.2. The topological polar surface area (TPSA) is 83.9 Å². The molecular weight excluding hydrogens is 326 g/mol. The number of piperidine rings is 1. The molecule has 0 spiro atoms. The van der Waals surface area contributed by atoms with Crippen LogP contribution in [0, 0.1) is 6.92 Å². The number of hydrogen-bond acceptors (Lipinski definition) is 5. The lowest BCUT2D eigenvalue weighted by Crippen LogP contribution is -2.34. The van der Waals surface area contributed by atoms with E-state index in [1.807, 2.05) is 11.6 Å². The fourth-order valence-electron chi connectivity index (χ4n) is 3.43. The fourth-order valence-corrected chi connectivity index (χ4v) is 4.28. The molecule has 0 radical (unpaired) electrons. The Kier molecular flexibility index (Phi) is 4.78. The molecule has 0 amide bonds. The molecule has 1 fully saturated rings. The quantitative estimate of drug-likeness (QED) is 0.887. The van der Waals surface area contributed by atoms with Crippen molar-refractivity contribution >= 4 is 9.84 Å². The van der Waals surface area contributed by atoms with Gasteiger partial charge in [-0.15, -0.1) is 0 Å². The zero-order chi connectivity index (χ0) is 17.3. The van der Waals surface area contributed by atoms with Crippen molar-refractivity contribution in [1.82, 2.24) is 24.9 Å². The van der Waals surface area contributed by atoms with Gasteiger partial charge in [-0.25, -0.2) is 8.42 Å². The molecule has 0 aliphatic carbocycles. The van der Waals surface area contributed by atoms with Gasteiger partial charge in [0.25, 0.3) is 0 Å². The van der Waals surface area contributed by atoms with Crippen LogP contribution in [-0.2, 0) is 22.9 Å². The van der Waals surface area contributed by atoms with Crippen LogP contribution in [0.1, 0.15) is 42.6 Å². The highest BCUT2D eigenvalue weighted by atomic mass is 32.2. The molecule has 3 heterocycles. The Labute approximate surface area is 143 Å². The first-order chi connectivity index (χ1) is 11.4. The maximum atomic E-state index is 11.9. The Bertz CT molecular complexity index is 808. The third kappa shape index (κ3) is 3.54. The summed E-state index contributed by atoms with van der Waals surface area (Å²) in [5, 5.41) is 11.4. The molecule has 0 bridgehead atoms. The van der Waals surface area contributed by atoms with Crippen molar-refractivity contribution in [3.05, 3.63) is 29.3 Å². The lowest BCUT2D eigenvalue weighted by molar-refractivity contribution is 0.197. The van der Waals surface area contributed by atoms with Crippen molar-refractivity contribution in [2.75, 3.05) is 19.3 Å². The predicted octanol–water partition coefficient (Wildman–Crippen LogP) is 1.72. The van der Waals surface area contributed by atoms with Crippen molar-refractivity contribution in [3.63, 3.8) is 0 Å². The van der Waals surface area contributed by atoms with Crippen molar-refractivity contribution in [2.45, 2.75) is 50.6 Å². The summed E-state index contributed by atoms with van der Waals surface area (Å²) in [6.45, 7) is 7.70. The number of aryl methyl sites for hydroxylation is 2. The van der Waals surface area contributed by atoms with E-state index in [-0.39, 0.29) is 5.92 Å². The van der Waals surface area contributed by atoms with E-state index in [1.165, 1.54) is 18.0 Å². The smallest absolute Gasteiger partial charge is 0.178 e. The van der Waals surface area contributed by atoms with Gasteiger partial charge in [0.2, 0.25) is 0 Å². The molecule has 2 aromatic heterocycles. The Morgan fingerprint density at radius 2 is 2.21 bits per heavy atom. The molecule has 0 aromatic carbocycles. The third-order valence-corrected chi connectivity index (χ3v) is 5.84. The van der Waals surface area contributed by atoms with Crippen LogP contribution in [0.15, 0.2) is 17.3 Å². The second-order valence-electron chi connectivity index (χ2n) is 6.59. The molecular formula is C16H25N5O2S. The van der Waals surface area contributed by atoms with Crippen LogP contribution in [0.2, 0.25) is 0 Å². The van der Waals surface area contributed by atoms with Crippen LogP contribution in [-0.4, -0.2) is 52.6 Å². The van der Waals surface area contributed by atoms with Crippen LogP contribution in [0.5, 0.6) is 0 Å². The molecule has 0 saturated carbocycles. The van der Waals surface area contributed by atoms with E-state index < -0.39 is 9.84 Å². The molecule has 1 N–H and O–H groups in total. The van der Waals surface area contributed by atoms with Crippen LogP contribution >= 0.6 is 0 Å². The van der Waals surface area contributed by atoms with Gasteiger partial charge in [-0.3, -0.25) is 14.7 Å². The number of nitrogens with zero attached hydrogens (tertiary/aromatic N) is 4. The molecule has 3 rings (SSSR count). The Balaban J connectivity index is 1.75. The van der Waals surface area contributed by atoms with Crippen LogP contribution in [0.3, 0.4) is 0 Å². The zero-order valence-corrected chi connectivity index (χ0v) is 15.3. The Morgan fingerprint density at radius 3 is 2.88 bits per heavy atom. The maximum absolute atomic E-state index is 11.9. The average Bonchev–Trinajstić information content (AvgIpc) is 3.15. The molecule has 1 aliphatic rings. The van der Waals surface area contributed by atoms with Crippen molar-refractivity contribution < 1.29 is 8.42 Å². The number of aromatic nitrogens is 4.